The molecule has 20 heavy (non-hydrogen) atoms. The highest BCUT2D eigenvalue weighted by molar-refractivity contribution is 5.95. The Bertz CT molecular complexity index is 495. The molecule has 0 bridgehead atoms. The summed E-state index contributed by atoms with van der Waals surface area (Å²) in [5.74, 6) is 1.65. The fourth-order valence-electron chi connectivity index (χ4n) is 3.06. The third kappa shape index (κ3) is 2.80. The number of amides is 1. The number of nitrogens with zero attached hydrogens (tertiary/aromatic N) is 1. The molecule has 2 heterocycles. The number of anilines is 1. The van der Waals surface area contributed by atoms with E-state index >= 15 is 0 Å². The van der Waals surface area contributed by atoms with Crippen molar-refractivity contribution in [1.29, 1.82) is 0 Å². The van der Waals surface area contributed by atoms with Crippen LogP contribution in [-0.2, 0) is 11.2 Å². The molecule has 1 saturated heterocycles. The predicted octanol–water partition coefficient (Wildman–Crippen LogP) is 1.97. The van der Waals surface area contributed by atoms with Crippen LogP contribution in [0.1, 0.15) is 24.8 Å². The Morgan fingerprint density at radius 2 is 2.35 bits per heavy atom. The number of nitrogens with one attached hydrogen (secondary N) is 1. The summed E-state index contributed by atoms with van der Waals surface area (Å²) in [6.45, 7) is 2.72. The predicted molar refractivity (Wildman–Crippen MR) is 79.3 cm³/mol. The lowest BCUT2D eigenvalue weighted by atomic mass is 9.92. The van der Waals surface area contributed by atoms with Crippen LogP contribution in [0.25, 0.3) is 0 Å². The molecule has 1 amide bonds. The summed E-state index contributed by atoms with van der Waals surface area (Å²) in [5, 5.41) is 3.45. The molecule has 1 aromatic rings. The molecule has 0 aromatic heterocycles. The summed E-state index contributed by atoms with van der Waals surface area (Å²) >= 11 is 0. The number of piperidine rings is 1. The van der Waals surface area contributed by atoms with E-state index in [1.54, 1.807) is 4.90 Å². The molecule has 4 nitrogen and oxygen atoms in total. The smallest absolute Gasteiger partial charge is 0.230 e. The van der Waals surface area contributed by atoms with Crippen LogP contribution < -0.4 is 15.0 Å². The van der Waals surface area contributed by atoms with Crippen molar-refractivity contribution in [3.05, 3.63) is 23.8 Å². The lowest BCUT2D eigenvalue weighted by Gasteiger charge is -2.23. The zero-order valence-corrected chi connectivity index (χ0v) is 12.0. The van der Waals surface area contributed by atoms with Gasteiger partial charge in [-0.15, -0.1) is 0 Å². The van der Waals surface area contributed by atoms with Gasteiger partial charge in [-0.3, -0.25) is 4.79 Å². The van der Waals surface area contributed by atoms with Gasteiger partial charge in [0.1, 0.15) is 5.75 Å². The van der Waals surface area contributed by atoms with Crippen molar-refractivity contribution in [3.63, 3.8) is 0 Å². The summed E-state index contributed by atoms with van der Waals surface area (Å²) in [4.78, 5) is 13.6. The van der Waals surface area contributed by atoms with Crippen molar-refractivity contribution >= 4 is 11.6 Å². The second kappa shape index (κ2) is 5.83. The Labute approximate surface area is 120 Å². The Balaban J connectivity index is 1.80. The second-order valence-electron chi connectivity index (χ2n) is 5.77. The third-order valence-corrected chi connectivity index (χ3v) is 4.26. The summed E-state index contributed by atoms with van der Waals surface area (Å²) in [6, 6.07) is 6.26. The molecule has 108 valence electrons. The molecule has 1 atom stereocenters. The van der Waals surface area contributed by atoms with Gasteiger partial charge in [-0.05, 0) is 56.0 Å². The molecular weight excluding hydrogens is 252 g/mol. The van der Waals surface area contributed by atoms with Crippen LogP contribution in [0.4, 0.5) is 5.69 Å². The van der Waals surface area contributed by atoms with E-state index in [1.165, 1.54) is 18.4 Å². The largest absolute Gasteiger partial charge is 0.491 e. The Morgan fingerprint density at radius 1 is 1.45 bits per heavy atom. The van der Waals surface area contributed by atoms with Gasteiger partial charge in [-0.2, -0.15) is 0 Å². The highest BCUT2D eigenvalue weighted by Crippen LogP contribution is 2.32. The zero-order valence-electron chi connectivity index (χ0n) is 12.0. The highest BCUT2D eigenvalue weighted by Gasteiger charge is 2.21. The molecule has 1 aromatic carbocycles. The quantitative estimate of drug-likeness (QED) is 0.896. The Hall–Kier alpha value is -1.55. The second-order valence-corrected chi connectivity index (χ2v) is 5.77. The van der Waals surface area contributed by atoms with E-state index < -0.39 is 0 Å². The number of ether oxygens (including phenoxy) is 1. The first kappa shape index (κ1) is 13.4. The summed E-state index contributed by atoms with van der Waals surface area (Å²) in [7, 11) is 1.84. The van der Waals surface area contributed by atoms with Crippen LogP contribution in [0.2, 0.25) is 0 Å². The van der Waals surface area contributed by atoms with Gasteiger partial charge in [0.25, 0.3) is 0 Å². The topological polar surface area (TPSA) is 41.6 Å². The molecule has 0 aliphatic carbocycles. The van der Waals surface area contributed by atoms with Crippen molar-refractivity contribution in [1.82, 2.24) is 5.32 Å². The maximum Gasteiger partial charge on any atom is 0.230 e. The van der Waals surface area contributed by atoms with E-state index in [2.05, 4.69) is 17.4 Å². The SMILES string of the molecule is CN1C(=O)CCOc2ccc(CC3CCCNC3)cc21. The number of rotatable bonds is 2. The fourth-order valence-corrected chi connectivity index (χ4v) is 3.06. The van der Waals surface area contributed by atoms with Crippen molar-refractivity contribution in [2.24, 2.45) is 5.92 Å². The minimum atomic E-state index is 0.125. The number of hydrogen-bond donors (Lipinski definition) is 1. The van der Waals surface area contributed by atoms with E-state index in [0.29, 0.717) is 18.9 Å². The molecule has 2 aliphatic heterocycles. The van der Waals surface area contributed by atoms with Gasteiger partial charge in [0.15, 0.2) is 0 Å². The van der Waals surface area contributed by atoms with Crippen LogP contribution in [0.5, 0.6) is 5.75 Å². The molecule has 4 heteroatoms. The Kier molecular flexibility index (Phi) is 3.92. The molecule has 1 N–H and O–H groups in total. The Morgan fingerprint density at radius 3 is 3.15 bits per heavy atom. The van der Waals surface area contributed by atoms with Gasteiger partial charge >= 0.3 is 0 Å². The lowest BCUT2D eigenvalue weighted by molar-refractivity contribution is -0.118. The van der Waals surface area contributed by atoms with Crippen LogP contribution in [0, 0.1) is 5.92 Å². The van der Waals surface area contributed by atoms with E-state index in [4.69, 9.17) is 4.74 Å². The first-order chi connectivity index (χ1) is 9.74. The average Bonchev–Trinajstić information content (AvgIpc) is 2.61. The van der Waals surface area contributed by atoms with Gasteiger partial charge in [0.05, 0.1) is 18.7 Å². The van der Waals surface area contributed by atoms with Crippen molar-refractivity contribution < 1.29 is 9.53 Å². The van der Waals surface area contributed by atoms with E-state index in [1.807, 2.05) is 13.1 Å². The lowest BCUT2D eigenvalue weighted by Crippen LogP contribution is -2.31. The minimum absolute atomic E-state index is 0.125. The monoisotopic (exact) mass is 274 g/mol. The number of carbonyl (C=O) groups is 1. The van der Waals surface area contributed by atoms with Crippen LogP contribution >= 0.6 is 0 Å². The zero-order chi connectivity index (χ0) is 13.9. The average molecular weight is 274 g/mol. The first-order valence-corrected chi connectivity index (χ1v) is 7.47. The molecular formula is C16H22N2O2. The molecule has 1 unspecified atom stereocenters. The fraction of sp³-hybridized carbons (Fsp3) is 0.562. The minimum Gasteiger partial charge on any atom is -0.491 e. The molecule has 0 saturated carbocycles. The van der Waals surface area contributed by atoms with Crippen LogP contribution in [-0.4, -0.2) is 32.7 Å². The first-order valence-electron chi connectivity index (χ1n) is 7.47. The standard InChI is InChI=1S/C16H22N2O2/c1-18-14-10-12(9-13-3-2-7-17-11-13)4-5-15(14)20-8-6-16(18)19/h4-5,10,13,17H,2-3,6-9,11H2,1H3. The molecule has 0 spiro atoms. The summed E-state index contributed by atoms with van der Waals surface area (Å²) < 4.78 is 5.66. The van der Waals surface area contributed by atoms with Crippen LogP contribution in [0.15, 0.2) is 18.2 Å². The van der Waals surface area contributed by atoms with Crippen molar-refractivity contribution in [3.8, 4) is 5.75 Å². The van der Waals surface area contributed by atoms with Crippen LogP contribution in [0.3, 0.4) is 0 Å². The third-order valence-electron chi connectivity index (χ3n) is 4.26. The van der Waals surface area contributed by atoms with Crippen molar-refractivity contribution in [2.75, 3.05) is 31.6 Å². The van der Waals surface area contributed by atoms with Gasteiger partial charge in [-0.25, -0.2) is 0 Å². The van der Waals surface area contributed by atoms with Gasteiger partial charge < -0.3 is 15.0 Å². The summed E-state index contributed by atoms with van der Waals surface area (Å²) in [5.41, 5.74) is 2.20. The summed E-state index contributed by atoms with van der Waals surface area (Å²) in [6.07, 6.45) is 4.07. The maximum absolute atomic E-state index is 11.9. The van der Waals surface area contributed by atoms with Gasteiger partial charge in [-0.1, -0.05) is 6.07 Å². The molecule has 0 radical (unpaired) electrons. The molecule has 1 fully saturated rings. The van der Waals surface area contributed by atoms with E-state index in [-0.39, 0.29) is 5.91 Å². The maximum atomic E-state index is 11.9. The van der Waals surface area contributed by atoms with Gasteiger partial charge in [0.2, 0.25) is 5.91 Å². The van der Waals surface area contributed by atoms with E-state index in [0.717, 1.165) is 30.9 Å². The number of fused-ring (bicyclic) bond motifs is 1. The normalized spacial score (nSPS) is 22.9. The number of hydrogen-bond acceptors (Lipinski definition) is 3. The highest BCUT2D eigenvalue weighted by atomic mass is 16.5. The molecule has 3 rings (SSSR count). The van der Waals surface area contributed by atoms with Crippen molar-refractivity contribution in [2.45, 2.75) is 25.7 Å². The van der Waals surface area contributed by atoms with E-state index in [9.17, 15) is 4.79 Å². The number of carbonyl (C=O) groups excluding carboxylic acids is 1. The number of benzene rings is 1. The molecule has 2 aliphatic rings. The van der Waals surface area contributed by atoms with Gasteiger partial charge in [0, 0.05) is 7.05 Å².